The van der Waals surface area contributed by atoms with Crippen molar-refractivity contribution in [3.05, 3.63) is 161 Å². The highest BCUT2D eigenvalue weighted by molar-refractivity contribution is 6.13. The van der Waals surface area contributed by atoms with Crippen LogP contribution in [0.1, 0.15) is 103 Å². The molecule has 2 unspecified atom stereocenters. The number of hydrogen-bond acceptors (Lipinski definition) is 11. The van der Waals surface area contributed by atoms with Gasteiger partial charge in [0.25, 0.3) is 17.0 Å². The van der Waals surface area contributed by atoms with Gasteiger partial charge < -0.3 is 38.7 Å². The second-order valence-corrected chi connectivity index (χ2v) is 20.0. The number of hydrogen-bond donors (Lipinski definition) is 5. The summed E-state index contributed by atoms with van der Waals surface area (Å²) in [4.78, 5) is 61.9. The highest BCUT2D eigenvalue weighted by Gasteiger charge is 2.28. The molecule has 19 nitrogen and oxygen atoms in total. The number of carboxylic acids is 1. The number of aryl methyl sites for hydroxylation is 6. The summed E-state index contributed by atoms with van der Waals surface area (Å²) in [5, 5.41) is 21.3. The molecule has 10 rings (SSSR count). The van der Waals surface area contributed by atoms with E-state index in [-0.39, 0.29) is 35.7 Å². The standard InChI is InChI=1S/C28H34N6O3.C20H24N4O3.C8H11ClN2O/c1-17-12-18(2)31-28(36)24(17)15-29-27(35)23-14-22-13-21(25-6-7-30-32(25)5)16-34(22)26(19(23)3)20(4)33-8-10-37-11-9-33;1-13-17(20(25)26)11-16-10-15(18-4-5-21-22(18)3)12-24(16)19(13)14(2)23-6-8-27-9-7-23;1-5-3-6(2)11-8(12)7(5)4-10-9/h6-7,12-14,16,20H,8-11,15H2,1-5H3,(H,29,35)(H,31,36);4-5,10-12,14H,6-9H2,1-3H3,(H,25,26);3,10H,4H2,1-2H3,(H,11,12). The summed E-state index contributed by atoms with van der Waals surface area (Å²) in [5.41, 5.74) is 15.2. The number of carbonyl (C=O) groups is 2. The summed E-state index contributed by atoms with van der Waals surface area (Å²) in [5.74, 6) is -1.09. The number of rotatable bonds is 12. The van der Waals surface area contributed by atoms with E-state index >= 15 is 0 Å². The summed E-state index contributed by atoms with van der Waals surface area (Å²) >= 11 is 5.32. The zero-order valence-corrected chi connectivity index (χ0v) is 45.8. The number of fused-ring (bicyclic) bond motifs is 2. The minimum absolute atomic E-state index is 0.0688. The Morgan fingerprint density at radius 1 is 0.658 bits per heavy atom. The first-order chi connectivity index (χ1) is 36.4. The zero-order chi connectivity index (χ0) is 54.5. The van der Waals surface area contributed by atoms with E-state index in [1.165, 1.54) is 0 Å². The fourth-order valence-electron chi connectivity index (χ4n) is 10.6. The molecule has 0 saturated carbocycles. The molecule has 2 saturated heterocycles. The third-order valence-corrected chi connectivity index (χ3v) is 14.9. The molecule has 2 fully saturated rings. The van der Waals surface area contributed by atoms with Gasteiger partial charge in [0.1, 0.15) is 0 Å². The van der Waals surface area contributed by atoms with Crippen LogP contribution >= 0.6 is 11.8 Å². The number of pyridine rings is 4. The van der Waals surface area contributed by atoms with Crippen LogP contribution in [-0.2, 0) is 36.7 Å². The van der Waals surface area contributed by atoms with E-state index in [0.717, 1.165) is 105 Å². The Kier molecular flexibility index (Phi) is 17.3. The number of amides is 1. The van der Waals surface area contributed by atoms with Crippen LogP contribution in [0.5, 0.6) is 0 Å². The lowest BCUT2D eigenvalue weighted by Gasteiger charge is -2.34. The van der Waals surface area contributed by atoms with Crippen molar-refractivity contribution in [2.24, 2.45) is 14.1 Å². The summed E-state index contributed by atoms with van der Waals surface area (Å²) in [6.45, 7) is 22.5. The predicted octanol–water partition coefficient (Wildman–Crippen LogP) is 7.25. The summed E-state index contributed by atoms with van der Waals surface area (Å²) in [6, 6.07) is 15.8. The van der Waals surface area contributed by atoms with Gasteiger partial charge in [0.2, 0.25) is 0 Å². The van der Waals surface area contributed by atoms with Crippen molar-refractivity contribution >= 4 is 34.7 Å². The molecule has 1 amide bonds. The van der Waals surface area contributed by atoms with Gasteiger partial charge in [-0.15, -0.1) is 0 Å². The van der Waals surface area contributed by atoms with Crippen LogP contribution in [0.3, 0.4) is 0 Å². The number of morpholine rings is 2. The van der Waals surface area contributed by atoms with Crippen molar-refractivity contribution in [3.63, 3.8) is 0 Å². The first-order valence-electron chi connectivity index (χ1n) is 25.5. The Morgan fingerprint density at radius 3 is 1.47 bits per heavy atom. The number of aromatic nitrogens is 8. The minimum Gasteiger partial charge on any atom is -0.478 e. The molecule has 10 heterocycles. The van der Waals surface area contributed by atoms with Gasteiger partial charge in [0.15, 0.2) is 0 Å². The van der Waals surface area contributed by atoms with Crippen molar-refractivity contribution < 1.29 is 24.2 Å². The molecule has 2 aliphatic rings. The highest BCUT2D eigenvalue weighted by atomic mass is 35.5. The number of carboxylic acid groups (broad SMARTS) is 1. The molecule has 2 atom stereocenters. The van der Waals surface area contributed by atoms with Crippen molar-refractivity contribution in [3.8, 4) is 22.5 Å². The molecular formula is C56H69ClN12O7. The van der Waals surface area contributed by atoms with E-state index in [1.807, 2.05) is 101 Å². The largest absolute Gasteiger partial charge is 0.478 e. The molecule has 2 aliphatic heterocycles. The third-order valence-electron chi connectivity index (χ3n) is 14.7. The smallest absolute Gasteiger partial charge is 0.336 e. The minimum atomic E-state index is -0.895. The molecular weight excluding hydrogens is 988 g/mol. The monoisotopic (exact) mass is 1060 g/mol. The predicted molar refractivity (Wildman–Crippen MR) is 294 cm³/mol. The van der Waals surface area contributed by atoms with Crippen molar-refractivity contribution in [1.82, 2.24) is 58.3 Å². The molecule has 0 aromatic carbocycles. The lowest BCUT2D eigenvalue weighted by atomic mass is 10.0. The second kappa shape index (κ2) is 23.8. The fourth-order valence-corrected chi connectivity index (χ4v) is 10.8. The van der Waals surface area contributed by atoms with Crippen LogP contribution in [0.4, 0.5) is 0 Å². The van der Waals surface area contributed by atoms with Crippen LogP contribution in [-0.4, -0.2) is 118 Å². The Bertz CT molecular complexity index is 3520. The zero-order valence-electron chi connectivity index (χ0n) is 45.0. The highest BCUT2D eigenvalue weighted by Crippen LogP contribution is 2.34. The fraction of sp³-hybridized carbons (Fsp3) is 0.393. The quantitative estimate of drug-likeness (QED) is 0.0766. The van der Waals surface area contributed by atoms with Gasteiger partial charge in [-0.2, -0.15) is 10.2 Å². The van der Waals surface area contributed by atoms with Gasteiger partial charge >= 0.3 is 5.97 Å². The van der Waals surface area contributed by atoms with E-state index in [2.05, 4.69) is 81.2 Å². The van der Waals surface area contributed by atoms with Gasteiger partial charge in [-0.05, 0) is 138 Å². The molecule has 8 aromatic rings. The lowest BCUT2D eigenvalue weighted by Crippen LogP contribution is -2.39. The Balaban J connectivity index is 0.000000171. The first kappa shape index (κ1) is 55.1. The number of ether oxygens (including phenoxy) is 2. The molecule has 0 aliphatic carbocycles. The average molecular weight is 1060 g/mol. The molecule has 0 radical (unpaired) electrons. The Labute approximate surface area is 446 Å². The van der Waals surface area contributed by atoms with Crippen LogP contribution in [0.15, 0.2) is 82.9 Å². The topological polar surface area (TPSA) is 214 Å². The van der Waals surface area contributed by atoms with Gasteiger partial charge in [0.05, 0.1) is 43.4 Å². The Morgan fingerprint density at radius 2 is 1.08 bits per heavy atom. The van der Waals surface area contributed by atoms with Crippen LogP contribution in [0.25, 0.3) is 33.5 Å². The van der Waals surface area contributed by atoms with E-state index in [0.29, 0.717) is 55.2 Å². The van der Waals surface area contributed by atoms with Crippen LogP contribution in [0.2, 0.25) is 0 Å². The summed E-state index contributed by atoms with van der Waals surface area (Å²) in [6.07, 6.45) is 7.76. The number of nitrogens with zero attached hydrogens (tertiary/aromatic N) is 8. The van der Waals surface area contributed by atoms with Gasteiger partial charge in [-0.1, -0.05) is 0 Å². The maximum atomic E-state index is 13.5. The SMILES string of the molecule is Cc1c(C(=O)O)cc2cc(-c3ccnn3C)cn2c1C(C)N1CCOCC1.Cc1cc(C)c(CNC(=O)c2cc3cc(-c4ccnn4C)cn3c(C(C)N3CCOCC3)c2C)c(=O)[nH]1.Cc1cc(C)c(CNCl)c(=O)[nH]1. The molecule has 0 spiro atoms. The van der Waals surface area contributed by atoms with Gasteiger partial charge in [-0.25, -0.2) is 9.63 Å². The van der Waals surface area contributed by atoms with Crippen molar-refractivity contribution in [2.75, 3.05) is 52.6 Å². The average Bonchev–Trinajstić information content (AvgIpc) is 4.22. The molecule has 8 aromatic heterocycles. The van der Waals surface area contributed by atoms with Crippen LogP contribution < -0.4 is 21.3 Å². The lowest BCUT2D eigenvalue weighted by molar-refractivity contribution is 0.0186. The summed E-state index contributed by atoms with van der Waals surface area (Å²) in [7, 11) is 3.83. The maximum Gasteiger partial charge on any atom is 0.336 e. The van der Waals surface area contributed by atoms with E-state index in [9.17, 15) is 24.3 Å². The normalized spacial score (nSPS) is 15.0. The molecule has 20 heteroatoms. The first-order valence-corrected chi connectivity index (χ1v) is 25.9. The molecule has 5 N–H and O–H groups in total. The Hall–Kier alpha value is -7.13. The number of nitrogens with one attached hydrogen (secondary N) is 4. The number of carbonyl (C=O) groups excluding carboxylic acids is 1. The summed E-state index contributed by atoms with van der Waals surface area (Å²) < 4.78 is 19.1. The van der Waals surface area contributed by atoms with E-state index in [4.69, 9.17) is 21.3 Å². The number of H-pyrrole nitrogens is 2. The molecule has 402 valence electrons. The molecule has 76 heavy (non-hydrogen) atoms. The second-order valence-electron chi connectivity index (χ2n) is 19.7. The van der Waals surface area contributed by atoms with E-state index < -0.39 is 5.97 Å². The van der Waals surface area contributed by atoms with Gasteiger partial charge in [0, 0.05) is 152 Å². The third kappa shape index (κ3) is 11.8. The number of aromatic amines is 2. The van der Waals surface area contributed by atoms with Crippen molar-refractivity contribution in [1.29, 1.82) is 0 Å². The molecule has 0 bridgehead atoms. The van der Waals surface area contributed by atoms with Crippen LogP contribution in [0, 0.1) is 41.5 Å². The van der Waals surface area contributed by atoms with Gasteiger partial charge in [-0.3, -0.25) is 33.5 Å². The van der Waals surface area contributed by atoms with Crippen molar-refractivity contribution in [2.45, 2.75) is 80.6 Å². The maximum absolute atomic E-state index is 13.5. The number of halogens is 1. The number of aromatic carboxylic acids is 1. The van der Waals surface area contributed by atoms with E-state index in [1.54, 1.807) is 18.5 Å².